The minimum absolute atomic E-state index is 1.04. The molecule has 0 nitrogen and oxygen atoms in total. The molecule has 0 atom stereocenters. The average Bonchev–Trinajstić information content (AvgIpc) is 2.48. The zero-order chi connectivity index (χ0) is 13.5. The lowest BCUT2D eigenvalue weighted by Crippen LogP contribution is -2.25. The van der Waals surface area contributed by atoms with Crippen molar-refractivity contribution in [3.05, 3.63) is 12.2 Å². The molecule has 0 bridgehead atoms. The summed E-state index contributed by atoms with van der Waals surface area (Å²) in [7, 11) is 0. The highest BCUT2D eigenvalue weighted by Crippen LogP contribution is 2.42. The highest BCUT2D eigenvalue weighted by atomic mass is 14.4. The standard InChI is InChI=1S/C19H34/c1-3-5-6-7-17-10-14-19(15-11-17)18-12-8-16(4-2)9-13-18/h3,5,16-19H,4,6-15H2,1-2H3. The molecule has 2 aliphatic rings. The van der Waals surface area contributed by atoms with Crippen LogP contribution in [-0.2, 0) is 0 Å². The molecule has 0 saturated heterocycles. The molecule has 0 aliphatic heterocycles. The maximum absolute atomic E-state index is 2.38. The third-order valence-electron chi connectivity index (χ3n) is 6.00. The van der Waals surface area contributed by atoms with Crippen molar-refractivity contribution in [3.63, 3.8) is 0 Å². The van der Waals surface area contributed by atoms with Gasteiger partial charge in [-0.15, -0.1) is 0 Å². The first-order valence-corrected chi connectivity index (χ1v) is 8.94. The molecule has 0 spiro atoms. The topological polar surface area (TPSA) is 0 Å². The molecule has 0 heteroatoms. The molecule has 2 rings (SSSR count). The number of hydrogen-bond acceptors (Lipinski definition) is 0. The fraction of sp³-hybridized carbons (Fsp3) is 0.895. The normalized spacial score (nSPS) is 36.7. The molecule has 0 unspecified atom stereocenters. The Balaban J connectivity index is 1.66. The van der Waals surface area contributed by atoms with Gasteiger partial charge in [0.1, 0.15) is 0 Å². The third kappa shape index (κ3) is 4.65. The minimum atomic E-state index is 1.04. The average molecular weight is 262 g/mol. The predicted octanol–water partition coefficient (Wildman–Crippen LogP) is 6.37. The van der Waals surface area contributed by atoms with Crippen LogP contribution in [0.2, 0.25) is 0 Å². The smallest absolute Gasteiger partial charge is 0.0348 e. The molecule has 0 heterocycles. The second kappa shape index (κ2) is 8.12. The number of rotatable bonds is 5. The Morgan fingerprint density at radius 2 is 1.32 bits per heavy atom. The van der Waals surface area contributed by atoms with Gasteiger partial charge in [-0.25, -0.2) is 0 Å². The molecule has 0 N–H and O–H groups in total. The molecular weight excluding hydrogens is 228 g/mol. The molecule has 0 aromatic carbocycles. The summed E-state index contributed by atoms with van der Waals surface area (Å²) >= 11 is 0. The van der Waals surface area contributed by atoms with Crippen molar-refractivity contribution in [2.45, 2.75) is 84.5 Å². The second-order valence-corrected chi connectivity index (χ2v) is 7.12. The van der Waals surface area contributed by atoms with Gasteiger partial charge in [-0.2, -0.15) is 0 Å². The van der Waals surface area contributed by atoms with Gasteiger partial charge < -0.3 is 0 Å². The van der Waals surface area contributed by atoms with Gasteiger partial charge in [-0.05, 0) is 69.1 Å². The maximum Gasteiger partial charge on any atom is -0.0348 e. The van der Waals surface area contributed by atoms with Crippen molar-refractivity contribution < 1.29 is 0 Å². The molecule has 2 fully saturated rings. The van der Waals surface area contributed by atoms with Gasteiger partial charge >= 0.3 is 0 Å². The fourth-order valence-electron chi connectivity index (χ4n) is 4.51. The van der Waals surface area contributed by atoms with Crippen molar-refractivity contribution in [1.82, 2.24) is 0 Å². The van der Waals surface area contributed by atoms with E-state index in [4.69, 9.17) is 0 Å². The second-order valence-electron chi connectivity index (χ2n) is 7.12. The van der Waals surface area contributed by atoms with Crippen LogP contribution in [0.15, 0.2) is 12.2 Å². The molecule has 2 aliphatic carbocycles. The van der Waals surface area contributed by atoms with Crippen LogP contribution in [0, 0.1) is 23.7 Å². The zero-order valence-corrected chi connectivity index (χ0v) is 13.2. The first-order chi connectivity index (χ1) is 9.33. The largest absolute Gasteiger partial charge is 0.0917 e. The van der Waals surface area contributed by atoms with E-state index in [0.717, 1.165) is 23.7 Å². The van der Waals surface area contributed by atoms with Gasteiger partial charge in [0.25, 0.3) is 0 Å². The Labute approximate surface area is 121 Å². The van der Waals surface area contributed by atoms with Crippen molar-refractivity contribution in [2.24, 2.45) is 23.7 Å². The van der Waals surface area contributed by atoms with Gasteiger partial charge in [0.15, 0.2) is 0 Å². The highest BCUT2D eigenvalue weighted by Gasteiger charge is 2.30. The van der Waals surface area contributed by atoms with Crippen molar-refractivity contribution in [2.75, 3.05) is 0 Å². The lowest BCUT2D eigenvalue weighted by atomic mass is 9.68. The van der Waals surface area contributed by atoms with Crippen LogP contribution in [0.3, 0.4) is 0 Å². The van der Waals surface area contributed by atoms with E-state index in [0.29, 0.717) is 0 Å². The quantitative estimate of drug-likeness (QED) is 0.505. The van der Waals surface area contributed by atoms with Crippen molar-refractivity contribution in [3.8, 4) is 0 Å². The number of hydrogen-bond donors (Lipinski definition) is 0. The predicted molar refractivity (Wildman–Crippen MR) is 85.2 cm³/mol. The summed E-state index contributed by atoms with van der Waals surface area (Å²) < 4.78 is 0. The Bertz CT molecular complexity index is 249. The van der Waals surface area contributed by atoms with Crippen LogP contribution in [0.25, 0.3) is 0 Å². The van der Waals surface area contributed by atoms with E-state index in [1.807, 2.05) is 0 Å². The summed E-state index contributed by atoms with van der Waals surface area (Å²) in [5.74, 6) is 4.29. The number of allylic oxidation sites excluding steroid dienone is 2. The minimum Gasteiger partial charge on any atom is -0.0917 e. The summed E-state index contributed by atoms with van der Waals surface area (Å²) in [5.41, 5.74) is 0. The Hall–Kier alpha value is -0.260. The van der Waals surface area contributed by atoms with Crippen LogP contribution in [0.5, 0.6) is 0 Å². The van der Waals surface area contributed by atoms with E-state index in [-0.39, 0.29) is 0 Å². The van der Waals surface area contributed by atoms with Gasteiger partial charge in [-0.3, -0.25) is 0 Å². The van der Waals surface area contributed by atoms with E-state index in [1.54, 1.807) is 25.7 Å². The summed E-state index contributed by atoms with van der Waals surface area (Å²) in [4.78, 5) is 0. The van der Waals surface area contributed by atoms with E-state index >= 15 is 0 Å². The van der Waals surface area contributed by atoms with Gasteiger partial charge in [0.05, 0.1) is 0 Å². The molecule has 0 radical (unpaired) electrons. The van der Waals surface area contributed by atoms with E-state index in [1.165, 1.54) is 44.9 Å². The Morgan fingerprint density at radius 3 is 1.79 bits per heavy atom. The van der Waals surface area contributed by atoms with Crippen molar-refractivity contribution >= 4 is 0 Å². The molecule has 0 aromatic rings. The van der Waals surface area contributed by atoms with E-state index < -0.39 is 0 Å². The van der Waals surface area contributed by atoms with Crippen LogP contribution in [0.4, 0.5) is 0 Å². The SMILES string of the molecule is CC=CCCC1CCC(C2CCC(CC)CC2)CC1. The van der Waals surface area contributed by atoms with E-state index in [9.17, 15) is 0 Å². The van der Waals surface area contributed by atoms with Crippen LogP contribution >= 0.6 is 0 Å². The maximum atomic E-state index is 2.38. The Kier molecular flexibility index (Phi) is 6.47. The molecule has 2 saturated carbocycles. The van der Waals surface area contributed by atoms with Gasteiger partial charge in [0.2, 0.25) is 0 Å². The Morgan fingerprint density at radius 1 is 0.789 bits per heavy atom. The highest BCUT2D eigenvalue weighted by molar-refractivity contribution is 4.83. The summed E-state index contributed by atoms with van der Waals surface area (Å²) in [6.07, 6.45) is 21.0. The first-order valence-electron chi connectivity index (χ1n) is 8.94. The molecular formula is C19H34. The molecule has 110 valence electrons. The van der Waals surface area contributed by atoms with Crippen LogP contribution < -0.4 is 0 Å². The lowest BCUT2D eigenvalue weighted by Gasteiger charge is -2.37. The molecule has 0 aromatic heterocycles. The monoisotopic (exact) mass is 262 g/mol. The summed E-state index contributed by atoms with van der Waals surface area (Å²) in [6.45, 7) is 4.52. The third-order valence-corrected chi connectivity index (χ3v) is 6.00. The lowest BCUT2D eigenvalue weighted by molar-refractivity contribution is 0.143. The summed E-state index contributed by atoms with van der Waals surface area (Å²) in [5, 5.41) is 0. The van der Waals surface area contributed by atoms with Gasteiger partial charge in [-0.1, -0.05) is 51.2 Å². The van der Waals surface area contributed by atoms with Crippen molar-refractivity contribution in [1.29, 1.82) is 0 Å². The van der Waals surface area contributed by atoms with Crippen LogP contribution in [-0.4, -0.2) is 0 Å². The first kappa shape index (κ1) is 15.1. The summed E-state index contributed by atoms with van der Waals surface area (Å²) in [6, 6.07) is 0. The zero-order valence-electron chi connectivity index (χ0n) is 13.2. The van der Waals surface area contributed by atoms with E-state index in [2.05, 4.69) is 26.0 Å². The fourth-order valence-corrected chi connectivity index (χ4v) is 4.51. The molecule has 0 amide bonds. The van der Waals surface area contributed by atoms with Crippen LogP contribution in [0.1, 0.15) is 84.5 Å². The molecule has 19 heavy (non-hydrogen) atoms. The van der Waals surface area contributed by atoms with Gasteiger partial charge in [0, 0.05) is 0 Å².